The molecule has 1 aliphatic rings. The summed E-state index contributed by atoms with van der Waals surface area (Å²) in [4.78, 5) is 4.18. The molecular weight excluding hydrogens is 329 g/mol. The Morgan fingerprint density at radius 3 is 2.53 bits per heavy atom. The number of halogens is 1. The van der Waals surface area contributed by atoms with Gasteiger partial charge in [-0.15, -0.1) is 24.0 Å². The number of nitrogens with zero attached hydrogens (tertiary/aromatic N) is 1. The lowest BCUT2D eigenvalue weighted by molar-refractivity contribution is 0.0487. The van der Waals surface area contributed by atoms with Gasteiger partial charge < -0.3 is 15.8 Å². The molecule has 0 aromatic rings. The summed E-state index contributed by atoms with van der Waals surface area (Å²) in [5.41, 5.74) is 5.61. The zero-order valence-corrected chi connectivity index (χ0v) is 13.1. The van der Waals surface area contributed by atoms with E-state index in [0.29, 0.717) is 25.2 Å². The van der Waals surface area contributed by atoms with Crippen molar-refractivity contribution in [1.29, 1.82) is 0 Å². The van der Waals surface area contributed by atoms with E-state index in [4.69, 9.17) is 10.5 Å². The first-order chi connectivity index (χ1) is 7.83. The highest BCUT2D eigenvalue weighted by molar-refractivity contribution is 14.0. The van der Waals surface area contributed by atoms with Gasteiger partial charge in [-0.25, -0.2) is 0 Å². The summed E-state index contributed by atoms with van der Waals surface area (Å²) in [5.74, 6) is 0.520. The normalized spacial score (nSPS) is 18.3. The summed E-state index contributed by atoms with van der Waals surface area (Å²) in [6, 6.07) is 0. The number of aliphatic imine (C=N–C) groups is 1. The molecule has 0 bridgehead atoms. The summed E-state index contributed by atoms with van der Waals surface area (Å²) in [7, 11) is 0. The highest BCUT2D eigenvalue weighted by Gasteiger charge is 2.11. The van der Waals surface area contributed by atoms with Crippen LogP contribution in [0.1, 0.15) is 45.4 Å². The Labute approximate surface area is 122 Å². The number of hydrogen-bond acceptors (Lipinski definition) is 2. The average Bonchev–Trinajstić information content (AvgIpc) is 2.53. The van der Waals surface area contributed by atoms with Gasteiger partial charge in [0, 0.05) is 6.54 Å². The molecule has 0 radical (unpaired) electrons. The summed E-state index contributed by atoms with van der Waals surface area (Å²) in [5, 5.41) is 2.97. The molecule has 0 aliphatic heterocycles. The second-order valence-electron chi connectivity index (χ2n) is 4.28. The van der Waals surface area contributed by atoms with E-state index in [0.717, 1.165) is 6.54 Å². The fourth-order valence-electron chi connectivity index (χ4n) is 2.03. The highest BCUT2D eigenvalue weighted by Crippen LogP contribution is 2.19. The molecule has 1 rings (SSSR count). The van der Waals surface area contributed by atoms with E-state index < -0.39 is 0 Å². The van der Waals surface area contributed by atoms with Crippen molar-refractivity contribution in [2.24, 2.45) is 10.7 Å². The molecule has 1 fully saturated rings. The van der Waals surface area contributed by atoms with Crippen LogP contribution in [0.5, 0.6) is 0 Å². The molecule has 0 spiro atoms. The maximum atomic E-state index is 5.80. The number of rotatable bonds is 5. The zero-order valence-electron chi connectivity index (χ0n) is 10.8. The van der Waals surface area contributed by atoms with Crippen LogP contribution in [0.25, 0.3) is 0 Å². The molecule has 4 nitrogen and oxygen atoms in total. The van der Waals surface area contributed by atoms with E-state index in [1.807, 2.05) is 6.92 Å². The van der Waals surface area contributed by atoms with Gasteiger partial charge in [0.05, 0.1) is 19.3 Å². The first-order valence-corrected chi connectivity index (χ1v) is 6.48. The minimum Gasteiger partial charge on any atom is -0.376 e. The second kappa shape index (κ2) is 11.1. The quantitative estimate of drug-likeness (QED) is 0.262. The zero-order chi connectivity index (χ0) is 11.6. The molecule has 1 saturated carbocycles. The SMILES string of the molecule is CCNC(N)=NCCOC1CCCCCC1.I. The Kier molecular flexibility index (Phi) is 11.0. The maximum absolute atomic E-state index is 5.80. The van der Waals surface area contributed by atoms with Crippen molar-refractivity contribution >= 4 is 29.9 Å². The maximum Gasteiger partial charge on any atom is 0.188 e. The summed E-state index contributed by atoms with van der Waals surface area (Å²) in [6.07, 6.45) is 8.24. The van der Waals surface area contributed by atoms with Gasteiger partial charge in [0.2, 0.25) is 0 Å². The predicted molar refractivity (Wildman–Crippen MR) is 83.0 cm³/mol. The van der Waals surface area contributed by atoms with Crippen LogP contribution in [-0.4, -0.2) is 31.8 Å². The molecule has 3 N–H and O–H groups in total. The van der Waals surface area contributed by atoms with Crippen LogP contribution in [0.2, 0.25) is 0 Å². The molecule has 1 aliphatic carbocycles. The third kappa shape index (κ3) is 8.65. The summed E-state index contributed by atoms with van der Waals surface area (Å²) >= 11 is 0. The molecule has 0 saturated heterocycles. The lowest BCUT2D eigenvalue weighted by Crippen LogP contribution is -2.31. The molecule has 0 aromatic carbocycles. The van der Waals surface area contributed by atoms with Crippen LogP contribution < -0.4 is 11.1 Å². The first-order valence-electron chi connectivity index (χ1n) is 6.48. The van der Waals surface area contributed by atoms with Crippen molar-refractivity contribution in [1.82, 2.24) is 5.32 Å². The van der Waals surface area contributed by atoms with E-state index in [1.54, 1.807) is 0 Å². The third-order valence-corrected chi connectivity index (χ3v) is 2.89. The Hall–Kier alpha value is -0.0400. The molecule has 0 heterocycles. The van der Waals surface area contributed by atoms with Gasteiger partial charge in [-0.2, -0.15) is 0 Å². The van der Waals surface area contributed by atoms with Crippen molar-refractivity contribution in [3.63, 3.8) is 0 Å². The Morgan fingerprint density at radius 2 is 1.94 bits per heavy atom. The molecule has 17 heavy (non-hydrogen) atoms. The van der Waals surface area contributed by atoms with Gasteiger partial charge in [0.1, 0.15) is 0 Å². The highest BCUT2D eigenvalue weighted by atomic mass is 127. The molecule has 102 valence electrons. The number of nitrogens with two attached hydrogens (primary N) is 1. The van der Waals surface area contributed by atoms with Crippen LogP contribution in [0.15, 0.2) is 4.99 Å². The van der Waals surface area contributed by atoms with Crippen LogP contribution in [0.3, 0.4) is 0 Å². The second-order valence-corrected chi connectivity index (χ2v) is 4.28. The van der Waals surface area contributed by atoms with E-state index in [-0.39, 0.29) is 24.0 Å². The lowest BCUT2D eigenvalue weighted by atomic mass is 10.1. The van der Waals surface area contributed by atoms with Crippen LogP contribution >= 0.6 is 24.0 Å². The van der Waals surface area contributed by atoms with Crippen molar-refractivity contribution in [3.05, 3.63) is 0 Å². The van der Waals surface area contributed by atoms with E-state index in [9.17, 15) is 0 Å². The van der Waals surface area contributed by atoms with Gasteiger partial charge >= 0.3 is 0 Å². The summed E-state index contributed by atoms with van der Waals surface area (Å²) < 4.78 is 5.80. The lowest BCUT2D eigenvalue weighted by Gasteiger charge is -2.14. The van der Waals surface area contributed by atoms with Gasteiger partial charge in [-0.05, 0) is 19.8 Å². The van der Waals surface area contributed by atoms with Crippen LogP contribution in [0, 0.1) is 0 Å². The van der Waals surface area contributed by atoms with E-state index in [1.165, 1.54) is 38.5 Å². The van der Waals surface area contributed by atoms with Gasteiger partial charge in [-0.1, -0.05) is 25.7 Å². The monoisotopic (exact) mass is 355 g/mol. The fraction of sp³-hybridized carbons (Fsp3) is 0.917. The molecule has 0 aromatic heterocycles. The topological polar surface area (TPSA) is 59.6 Å². The van der Waals surface area contributed by atoms with Crippen molar-refractivity contribution in [2.75, 3.05) is 19.7 Å². The number of hydrogen-bond donors (Lipinski definition) is 2. The minimum absolute atomic E-state index is 0. The minimum atomic E-state index is 0. The number of ether oxygens (including phenoxy) is 1. The van der Waals surface area contributed by atoms with Crippen molar-refractivity contribution < 1.29 is 4.74 Å². The molecule has 0 atom stereocenters. The van der Waals surface area contributed by atoms with Crippen LogP contribution in [0.4, 0.5) is 0 Å². The van der Waals surface area contributed by atoms with E-state index >= 15 is 0 Å². The summed E-state index contributed by atoms with van der Waals surface area (Å²) in [6.45, 7) is 4.18. The molecular formula is C12H26IN3O. The third-order valence-electron chi connectivity index (χ3n) is 2.89. The first kappa shape index (κ1) is 17.0. The average molecular weight is 355 g/mol. The number of nitrogens with one attached hydrogen (secondary N) is 1. The Balaban J connectivity index is 0.00000256. The number of guanidine groups is 1. The largest absolute Gasteiger partial charge is 0.376 e. The van der Waals surface area contributed by atoms with E-state index in [2.05, 4.69) is 10.3 Å². The van der Waals surface area contributed by atoms with Crippen molar-refractivity contribution in [2.45, 2.75) is 51.6 Å². The van der Waals surface area contributed by atoms with Gasteiger partial charge in [0.25, 0.3) is 0 Å². The molecule has 0 amide bonds. The Morgan fingerprint density at radius 1 is 1.29 bits per heavy atom. The van der Waals surface area contributed by atoms with Gasteiger partial charge in [-0.3, -0.25) is 4.99 Å². The van der Waals surface area contributed by atoms with Gasteiger partial charge in [0.15, 0.2) is 5.96 Å². The van der Waals surface area contributed by atoms with Crippen molar-refractivity contribution in [3.8, 4) is 0 Å². The van der Waals surface area contributed by atoms with Crippen LogP contribution in [-0.2, 0) is 4.74 Å². The molecule has 0 unspecified atom stereocenters. The molecule has 5 heteroatoms. The predicted octanol–water partition coefficient (Wildman–Crippen LogP) is 2.27. The smallest absolute Gasteiger partial charge is 0.188 e. The Bertz CT molecular complexity index is 204. The fourth-order valence-corrected chi connectivity index (χ4v) is 2.03. The standard InChI is InChI=1S/C12H25N3O.HI/c1-2-14-12(13)15-9-10-16-11-7-5-3-4-6-8-11;/h11H,2-10H2,1H3,(H3,13,14,15);1H.